The fourth-order valence-corrected chi connectivity index (χ4v) is 12.5. The Labute approximate surface area is 561 Å². The molecule has 3 saturated heterocycles. The van der Waals surface area contributed by atoms with Crippen molar-refractivity contribution in [2.45, 2.75) is 368 Å². The Balaban J connectivity index is 1.56. The molecule has 3 aliphatic heterocycles. The monoisotopic (exact) mass is 1340 g/mol. The van der Waals surface area contributed by atoms with Gasteiger partial charge in [-0.3, -0.25) is 9.59 Å². The van der Waals surface area contributed by atoms with E-state index >= 15 is 0 Å². The highest BCUT2D eigenvalue weighted by atomic mass is 16.8. The molecular formula is C71H128N2O21. The van der Waals surface area contributed by atoms with Gasteiger partial charge in [0.2, 0.25) is 11.8 Å². The van der Waals surface area contributed by atoms with Crippen molar-refractivity contribution in [3.63, 3.8) is 0 Å². The summed E-state index contributed by atoms with van der Waals surface area (Å²) in [6, 6.07) is -2.62. The molecule has 3 rings (SSSR count). The molecule has 0 aromatic carbocycles. The van der Waals surface area contributed by atoms with Crippen molar-refractivity contribution in [1.82, 2.24) is 10.6 Å². The molecule has 3 heterocycles. The number of amides is 2. The van der Waals surface area contributed by atoms with E-state index in [1.54, 1.807) is 6.08 Å². The van der Waals surface area contributed by atoms with E-state index in [0.717, 1.165) is 64.7 Å². The zero-order chi connectivity index (χ0) is 68.9. The smallest absolute Gasteiger partial charge is 0.364 e. The molecule has 23 heteroatoms. The SMILES string of the molecule is CCCCCCCCCCC/C=C\C/C=C\CCCCCCCCCCCC(=O)NC(COC1OC(CO)C(OC2OC(CO)C(O)C(OC3(C(=O)O)CC(O)C(NC(C)=O)C(C(O)C(O)CO)O3)C2O)C(O)C1O)C(O)/C=C/CCCCCCCCCCCCCCC. The highest BCUT2D eigenvalue weighted by Gasteiger charge is 2.60. The molecular weight excluding hydrogens is 1220 g/mol. The van der Waals surface area contributed by atoms with Crippen molar-refractivity contribution in [2.75, 3.05) is 26.4 Å². The van der Waals surface area contributed by atoms with E-state index in [2.05, 4.69) is 48.8 Å². The van der Waals surface area contributed by atoms with Gasteiger partial charge < -0.3 is 100 Å². The van der Waals surface area contributed by atoms with Crippen molar-refractivity contribution < 1.29 is 104 Å². The molecule has 18 unspecified atom stereocenters. The summed E-state index contributed by atoms with van der Waals surface area (Å²) < 4.78 is 34.8. The maximum absolute atomic E-state index is 13.5. The number of aliphatic hydroxyl groups excluding tert-OH is 11. The van der Waals surface area contributed by atoms with Gasteiger partial charge in [-0.1, -0.05) is 224 Å². The first kappa shape index (κ1) is 85.2. The minimum atomic E-state index is -3.08. The maximum Gasteiger partial charge on any atom is 0.364 e. The second-order valence-corrected chi connectivity index (χ2v) is 26.4. The van der Waals surface area contributed by atoms with Crippen LogP contribution in [-0.2, 0) is 42.8 Å². The number of hydrogen-bond donors (Lipinski definition) is 14. The Morgan fingerprint density at radius 3 is 1.50 bits per heavy atom. The van der Waals surface area contributed by atoms with Crippen molar-refractivity contribution >= 4 is 17.8 Å². The number of carboxylic acids is 1. The highest BCUT2D eigenvalue weighted by Crippen LogP contribution is 2.39. The summed E-state index contributed by atoms with van der Waals surface area (Å²) in [6.07, 6.45) is 24.7. The Kier molecular flexibility index (Phi) is 46.4. The van der Waals surface area contributed by atoms with Crippen LogP contribution in [0, 0.1) is 0 Å². The molecule has 0 bridgehead atoms. The quantitative estimate of drug-likeness (QED) is 0.0208. The fraction of sp³-hybridized carbons (Fsp3) is 0.873. The summed E-state index contributed by atoms with van der Waals surface area (Å²) in [7, 11) is 0. The molecule has 3 aliphatic rings. The maximum atomic E-state index is 13.5. The Hall–Kier alpha value is -3.05. The summed E-state index contributed by atoms with van der Waals surface area (Å²) in [6.45, 7) is 2.14. The van der Waals surface area contributed by atoms with Crippen LogP contribution in [0.3, 0.4) is 0 Å². The zero-order valence-electron chi connectivity index (χ0n) is 57.3. The summed E-state index contributed by atoms with van der Waals surface area (Å²) >= 11 is 0. The normalized spacial score (nSPS) is 28.1. The van der Waals surface area contributed by atoms with Gasteiger partial charge in [0.15, 0.2) is 12.6 Å². The van der Waals surface area contributed by atoms with Crippen molar-refractivity contribution in [3.05, 3.63) is 36.5 Å². The standard InChI is InChI=1S/C71H128N2O21/c1-4-6-8-10-12-14-16-18-20-21-22-23-24-25-26-27-28-29-31-33-35-37-39-41-43-45-58(81)73-52(53(78)44-42-40-38-36-34-32-30-19-17-15-13-11-9-7-5-2)50-89-68-63(85)62(84)65(57(49-76)91-68)92-69-64(86)67(61(83)56(48-75)90-69)94-71(70(87)88)46-54(79)59(72-51(3)77)66(93-71)60(82)55(80)47-74/h22-23,25-26,42,44,52-57,59-69,74-76,78-80,82-86H,4-21,24,27-41,43,45-50H2,1-3H3,(H,72,77)(H,73,81)(H,87,88)/b23-22-,26-25-,44-42+. The number of aliphatic carboxylic acids is 1. The first-order valence-corrected chi connectivity index (χ1v) is 36.4. The van der Waals surface area contributed by atoms with E-state index in [1.807, 2.05) is 6.08 Å². The van der Waals surface area contributed by atoms with Gasteiger partial charge in [-0.15, -0.1) is 0 Å². The van der Waals surface area contributed by atoms with E-state index in [-0.39, 0.29) is 12.3 Å². The number of hydrogen-bond acceptors (Lipinski definition) is 20. The summed E-state index contributed by atoms with van der Waals surface area (Å²) in [5.41, 5.74) is 0. The molecule has 0 spiro atoms. The molecule has 14 N–H and O–H groups in total. The van der Waals surface area contributed by atoms with Gasteiger partial charge in [-0.25, -0.2) is 4.79 Å². The van der Waals surface area contributed by atoms with Crippen LogP contribution in [0.15, 0.2) is 36.5 Å². The average molecular weight is 1350 g/mol. The van der Waals surface area contributed by atoms with Gasteiger partial charge in [-0.2, -0.15) is 0 Å². The average Bonchev–Trinajstić information content (AvgIpc) is 0.759. The predicted molar refractivity (Wildman–Crippen MR) is 357 cm³/mol. The van der Waals surface area contributed by atoms with Gasteiger partial charge in [0.05, 0.1) is 50.7 Å². The van der Waals surface area contributed by atoms with E-state index in [9.17, 15) is 75.7 Å². The van der Waals surface area contributed by atoms with Crippen molar-refractivity contribution in [3.8, 4) is 0 Å². The van der Waals surface area contributed by atoms with Gasteiger partial charge in [0.25, 0.3) is 5.79 Å². The first-order valence-electron chi connectivity index (χ1n) is 36.4. The van der Waals surface area contributed by atoms with Gasteiger partial charge in [0.1, 0.15) is 67.1 Å². The van der Waals surface area contributed by atoms with Crippen LogP contribution in [-0.4, -0.2) is 215 Å². The number of allylic oxidation sites excluding steroid dienone is 5. The molecule has 94 heavy (non-hydrogen) atoms. The lowest BCUT2D eigenvalue weighted by atomic mass is 9.88. The Morgan fingerprint density at radius 2 is 1.03 bits per heavy atom. The molecule has 2 amide bonds. The third-order valence-corrected chi connectivity index (χ3v) is 18.3. The van der Waals surface area contributed by atoms with Gasteiger partial charge in [0, 0.05) is 19.8 Å². The molecule has 0 radical (unpaired) electrons. The molecule has 0 aromatic heterocycles. The first-order chi connectivity index (χ1) is 45.4. The van der Waals surface area contributed by atoms with Crippen molar-refractivity contribution in [1.29, 1.82) is 0 Å². The number of unbranched alkanes of at least 4 members (excludes halogenated alkanes) is 31. The van der Waals surface area contributed by atoms with Crippen LogP contribution in [0.4, 0.5) is 0 Å². The van der Waals surface area contributed by atoms with Crippen LogP contribution >= 0.6 is 0 Å². The van der Waals surface area contributed by atoms with Crippen molar-refractivity contribution in [2.24, 2.45) is 0 Å². The Morgan fingerprint density at radius 1 is 0.564 bits per heavy atom. The lowest BCUT2D eigenvalue weighted by Gasteiger charge is -2.50. The van der Waals surface area contributed by atoms with E-state index in [1.165, 1.54) is 154 Å². The number of carbonyl (C=O) groups excluding carboxylic acids is 2. The molecule has 18 atom stereocenters. The van der Waals surface area contributed by atoms with Crippen LogP contribution in [0.1, 0.15) is 258 Å². The third kappa shape index (κ3) is 32.7. The summed E-state index contributed by atoms with van der Waals surface area (Å²) in [5, 5.41) is 136. The second-order valence-electron chi connectivity index (χ2n) is 26.4. The molecule has 548 valence electrons. The van der Waals surface area contributed by atoms with Gasteiger partial charge in [-0.05, 0) is 51.4 Å². The van der Waals surface area contributed by atoms with Gasteiger partial charge >= 0.3 is 5.97 Å². The number of aliphatic hydroxyl groups is 11. The van der Waals surface area contributed by atoms with Crippen LogP contribution in [0.5, 0.6) is 0 Å². The second kappa shape index (κ2) is 51.2. The number of carboxylic acid groups (broad SMARTS) is 1. The minimum Gasteiger partial charge on any atom is -0.477 e. The molecule has 3 fully saturated rings. The highest BCUT2D eigenvalue weighted by molar-refractivity contribution is 5.77. The number of carbonyl (C=O) groups is 3. The number of nitrogens with one attached hydrogen (secondary N) is 2. The summed E-state index contributed by atoms with van der Waals surface area (Å²) in [5.74, 6) is -6.15. The molecule has 0 aliphatic carbocycles. The predicted octanol–water partition coefficient (Wildman–Crippen LogP) is 7.40. The topological polar surface area (TPSA) is 373 Å². The molecule has 23 nitrogen and oxygen atoms in total. The lowest BCUT2D eigenvalue weighted by Crippen LogP contribution is -2.70. The Bertz CT molecular complexity index is 2040. The number of ether oxygens (including phenoxy) is 6. The molecule has 0 aromatic rings. The fourth-order valence-electron chi connectivity index (χ4n) is 12.5. The van der Waals surface area contributed by atoms with Crippen LogP contribution in [0.2, 0.25) is 0 Å². The van der Waals surface area contributed by atoms with E-state index < -0.39 is 155 Å². The van der Waals surface area contributed by atoms with E-state index in [0.29, 0.717) is 12.8 Å². The minimum absolute atomic E-state index is 0.195. The van der Waals surface area contributed by atoms with Crippen LogP contribution < -0.4 is 10.6 Å². The summed E-state index contributed by atoms with van der Waals surface area (Å²) in [4.78, 5) is 38.6. The number of rotatable bonds is 55. The van der Waals surface area contributed by atoms with E-state index in [4.69, 9.17) is 28.4 Å². The third-order valence-electron chi connectivity index (χ3n) is 18.3. The largest absolute Gasteiger partial charge is 0.477 e. The lowest BCUT2D eigenvalue weighted by molar-refractivity contribution is -0.386. The zero-order valence-corrected chi connectivity index (χ0v) is 57.3. The molecule has 0 saturated carbocycles. The van der Waals surface area contributed by atoms with Crippen LogP contribution in [0.25, 0.3) is 0 Å².